The standard InChI is InChI=1S/C24H26F3N7O/c1-13-9-16(10-28-31-13)33-11-14-4-5-15(12-33)22(14)29-24-30-23-19(3-2-8-34(23)32-24)35-18-7-6-17(25)20(26)21(18)27/h6-7,9-10,14-15,19,22H,2-5,8,11-12H2,1H3,(H,29,32)/t14-,15+,19-,22?/m0/s1. The third kappa shape index (κ3) is 4.06. The number of fused-ring (bicyclic) bond motifs is 3. The average Bonchev–Trinajstić information content (AvgIpc) is 3.36. The van der Waals surface area contributed by atoms with Gasteiger partial charge >= 0.3 is 0 Å². The topological polar surface area (TPSA) is 81.0 Å². The third-order valence-corrected chi connectivity index (χ3v) is 7.35. The van der Waals surface area contributed by atoms with E-state index in [1.165, 1.54) is 0 Å². The fourth-order valence-electron chi connectivity index (χ4n) is 5.69. The number of rotatable bonds is 5. The number of nitrogens with one attached hydrogen (secondary N) is 1. The van der Waals surface area contributed by atoms with Gasteiger partial charge in [0.25, 0.3) is 0 Å². The van der Waals surface area contributed by atoms with Crippen LogP contribution in [0.1, 0.15) is 43.3 Å². The molecule has 1 N–H and O–H groups in total. The molecule has 3 aromatic rings. The summed E-state index contributed by atoms with van der Waals surface area (Å²) in [5.41, 5.74) is 2.01. The summed E-state index contributed by atoms with van der Waals surface area (Å²) >= 11 is 0. The number of piperidine rings is 1. The monoisotopic (exact) mass is 485 g/mol. The first-order valence-electron chi connectivity index (χ1n) is 12.0. The highest BCUT2D eigenvalue weighted by molar-refractivity contribution is 5.46. The molecule has 1 unspecified atom stereocenters. The van der Waals surface area contributed by atoms with Crippen LogP contribution in [-0.2, 0) is 6.54 Å². The molecule has 2 fully saturated rings. The molecule has 2 aromatic heterocycles. The maximum Gasteiger partial charge on any atom is 0.242 e. The number of hydrogen-bond acceptors (Lipinski definition) is 7. The number of aromatic nitrogens is 5. The van der Waals surface area contributed by atoms with Gasteiger partial charge in [-0.3, -0.25) is 0 Å². The Kier molecular flexibility index (Phi) is 5.49. The van der Waals surface area contributed by atoms with Gasteiger partial charge in [0.05, 0.1) is 17.6 Å². The Morgan fingerprint density at radius 1 is 1.06 bits per heavy atom. The van der Waals surface area contributed by atoms with Crippen molar-refractivity contribution in [3.63, 3.8) is 0 Å². The van der Waals surface area contributed by atoms with Gasteiger partial charge in [-0.25, -0.2) is 13.5 Å². The van der Waals surface area contributed by atoms with Crippen LogP contribution in [-0.4, -0.2) is 44.1 Å². The summed E-state index contributed by atoms with van der Waals surface area (Å²) in [4.78, 5) is 7.05. The van der Waals surface area contributed by atoms with E-state index in [4.69, 9.17) is 4.74 Å². The molecule has 2 bridgehead atoms. The number of nitrogens with zero attached hydrogens (tertiary/aromatic N) is 6. The van der Waals surface area contributed by atoms with Gasteiger partial charge in [-0.05, 0) is 62.6 Å². The highest BCUT2D eigenvalue weighted by Gasteiger charge is 2.43. The summed E-state index contributed by atoms with van der Waals surface area (Å²) in [5, 5.41) is 16.4. The second-order valence-electron chi connectivity index (χ2n) is 9.67. The molecule has 0 amide bonds. The lowest BCUT2D eigenvalue weighted by Crippen LogP contribution is -2.48. The van der Waals surface area contributed by atoms with Crippen LogP contribution in [0.3, 0.4) is 0 Å². The van der Waals surface area contributed by atoms with Crippen molar-refractivity contribution in [1.82, 2.24) is 25.0 Å². The Hall–Kier alpha value is -3.37. The Bertz CT molecular complexity index is 1240. The maximum atomic E-state index is 14.2. The number of benzene rings is 1. The molecule has 35 heavy (non-hydrogen) atoms. The van der Waals surface area contributed by atoms with Crippen molar-refractivity contribution in [2.24, 2.45) is 11.8 Å². The first-order valence-corrected chi connectivity index (χ1v) is 12.0. The van der Waals surface area contributed by atoms with Crippen LogP contribution in [0.4, 0.5) is 24.8 Å². The van der Waals surface area contributed by atoms with Gasteiger partial charge in [0.15, 0.2) is 29.3 Å². The molecule has 1 aromatic carbocycles. The number of halogens is 3. The van der Waals surface area contributed by atoms with Crippen molar-refractivity contribution < 1.29 is 17.9 Å². The van der Waals surface area contributed by atoms with Crippen LogP contribution < -0.4 is 15.0 Å². The predicted octanol–water partition coefficient (Wildman–Crippen LogP) is 4.03. The van der Waals surface area contributed by atoms with Gasteiger partial charge in [0.2, 0.25) is 11.8 Å². The lowest BCUT2D eigenvalue weighted by atomic mass is 9.92. The Labute approximate surface area is 200 Å². The van der Waals surface area contributed by atoms with Crippen molar-refractivity contribution >= 4 is 11.6 Å². The van der Waals surface area contributed by atoms with Gasteiger partial charge in [-0.15, -0.1) is 5.10 Å². The molecular formula is C24H26F3N7O. The van der Waals surface area contributed by atoms with Crippen LogP contribution in [0.15, 0.2) is 24.4 Å². The largest absolute Gasteiger partial charge is 0.479 e. The summed E-state index contributed by atoms with van der Waals surface area (Å²) in [6.07, 6.45) is 4.83. The Morgan fingerprint density at radius 2 is 1.86 bits per heavy atom. The van der Waals surface area contributed by atoms with Crippen molar-refractivity contribution in [2.45, 2.75) is 51.3 Å². The Balaban J connectivity index is 1.17. The molecule has 0 radical (unpaired) electrons. The quantitative estimate of drug-likeness (QED) is 0.547. The normalized spacial score (nSPS) is 25.4. The zero-order valence-electron chi connectivity index (χ0n) is 19.3. The number of aryl methyl sites for hydroxylation is 2. The molecule has 0 spiro atoms. The van der Waals surface area contributed by atoms with E-state index < -0.39 is 23.6 Å². The lowest BCUT2D eigenvalue weighted by molar-refractivity contribution is 0.147. The predicted molar refractivity (Wildman–Crippen MR) is 122 cm³/mol. The molecule has 4 atom stereocenters. The molecule has 8 nitrogen and oxygen atoms in total. The van der Waals surface area contributed by atoms with Gasteiger partial charge in [0, 0.05) is 25.7 Å². The molecule has 1 saturated heterocycles. The fraction of sp³-hybridized carbons (Fsp3) is 0.500. The molecule has 6 rings (SSSR count). The van der Waals surface area contributed by atoms with Gasteiger partial charge < -0.3 is 15.0 Å². The second kappa shape index (κ2) is 8.69. The van der Waals surface area contributed by atoms with Crippen LogP contribution in [0.25, 0.3) is 0 Å². The van der Waals surface area contributed by atoms with Crippen LogP contribution in [0, 0.1) is 36.2 Å². The van der Waals surface area contributed by atoms with Crippen LogP contribution >= 0.6 is 0 Å². The first kappa shape index (κ1) is 22.1. The van der Waals surface area contributed by atoms with Crippen molar-refractivity contribution in [2.75, 3.05) is 23.3 Å². The molecule has 184 valence electrons. The van der Waals surface area contributed by atoms with E-state index in [0.29, 0.717) is 36.6 Å². The van der Waals surface area contributed by atoms with E-state index in [-0.39, 0.29) is 11.8 Å². The zero-order valence-corrected chi connectivity index (χ0v) is 19.3. The molecule has 3 aliphatic rings. The smallest absolute Gasteiger partial charge is 0.242 e. The highest BCUT2D eigenvalue weighted by Crippen LogP contribution is 2.40. The zero-order chi connectivity index (χ0) is 24.1. The molecule has 1 aliphatic carbocycles. The fourth-order valence-corrected chi connectivity index (χ4v) is 5.69. The lowest BCUT2D eigenvalue weighted by Gasteiger charge is -2.39. The minimum atomic E-state index is -1.54. The van der Waals surface area contributed by atoms with Gasteiger partial charge in [-0.2, -0.15) is 19.6 Å². The Morgan fingerprint density at radius 3 is 2.63 bits per heavy atom. The van der Waals surface area contributed by atoms with Crippen LogP contribution in [0.5, 0.6) is 5.75 Å². The van der Waals surface area contributed by atoms with E-state index in [1.807, 2.05) is 13.1 Å². The van der Waals surface area contributed by atoms with Crippen molar-refractivity contribution in [1.29, 1.82) is 0 Å². The SMILES string of the molecule is Cc1cc(N2C[C@H]3CC[C@@H](C2)C3Nc2nc3n(n2)CCC[C@@H]3Oc2ccc(F)c(F)c2F)cnn1. The van der Waals surface area contributed by atoms with E-state index in [1.54, 1.807) is 4.68 Å². The summed E-state index contributed by atoms with van der Waals surface area (Å²) in [6.45, 7) is 4.47. The maximum absolute atomic E-state index is 14.2. The van der Waals surface area contributed by atoms with E-state index in [2.05, 4.69) is 36.6 Å². The summed E-state index contributed by atoms with van der Waals surface area (Å²) in [6, 6.07) is 4.30. The number of hydrogen-bond donors (Lipinski definition) is 1. The third-order valence-electron chi connectivity index (χ3n) is 7.35. The number of ether oxygens (including phenoxy) is 1. The summed E-state index contributed by atoms with van der Waals surface area (Å²) in [7, 11) is 0. The van der Waals surface area contributed by atoms with Crippen molar-refractivity contribution in [3.8, 4) is 5.75 Å². The minimum Gasteiger partial charge on any atom is -0.479 e. The molecule has 2 aliphatic heterocycles. The molecule has 4 heterocycles. The summed E-state index contributed by atoms with van der Waals surface area (Å²) < 4.78 is 48.6. The minimum absolute atomic E-state index is 0.259. The van der Waals surface area contributed by atoms with Gasteiger partial charge in [0.1, 0.15) is 0 Å². The second-order valence-corrected chi connectivity index (χ2v) is 9.67. The van der Waals surface area contributed by atoms with Gasteiger partial charge in [-0.1, -0.05) is 0 Å². The molecule has 11 heteroatoms. The highest BCUT2D eigenvalue weighted by atomic mass is 19.2. The van der Waals surface area contributed by atoms with E-state index >= 15 is 0 Å². The van der Waals surface area contributed by atoms with Crippen molar-refractivity contribution in [3.05, 3.63) is 53.4 Å². The van der Waals surface area contributed by atoms with E-state index in [0.717, 1.165) is 55.9 Å². The van der Waals surface area contributed by atoms with E-state index in [9.17, 15) is 13.2 Å². The molecule has 1 saturated carbocycles. The number of anilines is 2. The average molecular weight is 486 g/mol. The van der Waals surface area contributed by atoms with Crippen LogP contribution in [0.2, 0.25) is 0 Å². The molecular weight excluding hydrogens is 459 g/mol. The summed E-state index contributed by atoms with van der Waals surface area (Å²) in [5.74, 6) is -2.46. The first-order chi connectivity index (χ1) is 17.0.